The lowest BCUT2D eigenvalue weighted by atomic mass is 10.2. The summed E-state index contributed by atoms with van der Waals surface area (Å²) >= 11 is 4.94. The van der Waals surface area contributed by atoms with Gasteiger partial charge in [0.05, 0.1) is 5.69 Å². The van der Waals surface area contributed by atoms with Crippen molar-refractivity contribution >= 4 is 23.0 Å². The van der Waals surface area contributed by atoms with Gasteiger partial charge in [0.2, 0.25) is 0 Å². The molecule has 6 heteroatoms. The molecule has 0 spiro atoms. The van der Waals surface area contributed by atoms with E-state index in [0.717, 1.165) is 32.0 Å². The van der Waals surface area contributed by atoms with Crippen LogP contribution in [0.1, 0.15) is 5.69 Å². The van der Waals surface area contributed by atoms with Gasteiger partial charge in [-0.3, -0.25) is 4.90 Å². The number of aromatic nitrogens is 1. The molecule has 2 heterocycles. The first kappa shape index (κ1) is 14.2. The Hall–Kier alpha value is -1.24. The summed E-state index contributed by atoms with van der Waals surface area (Å²) in [7, 11) is 4.32. The highest BCUT2D eigenvalue weighted by Crippen LogP contribution is 2.09. The van der Waals surface area contributed by atoms with E-state index in [-0.39, 0.29) is 0 Å². The minimum absolute atomic E-state index is 0.332. The van der Waals surface area contributed by atoms with E-state index >= 15 is 0 Å². The lowest BCUT2D eigenvalue weighted by Gasteiger charge is -2.37. The monoisotopic (exact) mass is 279 g/mol. The Balaban J connectivity index is 1.94. The molecule has 0 radical (unpaired) electrons. The number of likely N-dealkylation sites (N-methyl/N-ethyl adjacent to an activating group) is 2. The summed E-state index contributed by atoms with van der Waals surface area (Å²) in [4.78, 5) is 9.45. The van der Waals surface area contributed by atoms with Crippen molar-refractivity contribution in [3.63, 3.8) is 0 Å². The summed E-state index contributed by atoms with van der Waals surface area (Å²) in [5.74, 6) is 0.826. The molecular weight excluding hydrogens is 258 g/mol. The fourth-order valence-electron chi connectivity index (χ4n) is 2.21. The van der Waals surface area contributed by atoms with E-state index in [9.17, 15) is 0 Å². The van der Waals surface area contributed by atoms with Crippen LogP contribution in [0.15, 0.2) is 18.2 Å². The number of hydrogen-bond donors (Lipinski definition) is 2. The van der Waals surface area contributed by atoms with Crippen LogP contribution in [-0.4, -0.2) is 66.1 Å². The maximum absolute atomic E-state index is 5.59. The van der Waals surface area contributed by atoms with Crippen LogP contribution in [-0.2, 0) is 0 Å². The highest BCUT2D eigenvalue weighted by Gasteiger charge is 2.21. The van der Waals surface area contributed by atoms with Crippen molar-refractivity contribution in [2.45, 2.75) is 6.04 Å². The number of nitrogens with two attached hydrogens (primary N) is 1. The van der Waals surface area contributed by atoms with Crippen LogP contribution in [0.5, 0.6) is 0 Å². The van der Waals surface area contributed by atoms with Crippen molar-refractivity contribution < 1.29 is 0 Å². The molecule has 2 rings (SSSR count). The van der Waals surface area contributed by atoms with Crippen LogP contribution in [0.2, 0.25) is 0 Å². The molecule has 1 aromatic rings. The smallest absolute Gasteiger partial charge is 0.126 e. The highest BCUT2D eigenvalue weighted by atomic mass is 32.1. The minimum atomic E-state index is 0.332. The van der Waals surface area contributed by atoms with Crippen molar-refractivity contribution in [2.24, 2.45) is 5.73 Å². The Labute approximate surface area is 119 Å². The van der Waals surface area contributed by atoms with E-state index in [1.54, 1.807) is 0 Å². The van der Waals surface area contributed by atoms with E-state index < -0.39 is 0 Å². The molecule has 1 aliphatic rings. The minimum Gasteiger partial charge on any atom is -0.388 e. The van der Waals surface area contributed by atoms with Crippen molar-refractivity contribution in [1.82, 2.24) is 14.8 Å². The number of piperazine rings is 1. The number of nitrogens with zero attached hydrogens (tertiary/aromatic N) is 3. The van der Waals surface area contributed by atoms with Gasteiger partial charge in [-0.2, -0.15) is 0 Å². The van der Waals surface area contributed by atoms with E-state index in [2.05, 4.69) is 34.2 Å². The molecule has 3 N–H and O–H groups in total. The van der Waals surface area contributed by atoms with Crippen LogP contribution in [0.4, 0.5) is 5.82 Å². The number of hydrogen-bond acceptors (Lipinski definition) is 5. The Bertz CT molecular complexity index is 450. The molecule has 1 atom stereocenters. The van der Waals surface area contributed by atoms with Gasteiger partial charge in [0.1, 0.15) is 10.8 Å². The van der Waals surface area contributed by atoms with Crippen LogP contribution in [0.3, 0.4) is 0 Å². The topological polar surface area (TPSA) is 57.4 Å². The number of rotatable bonds is 4. The van der Waals surface area contributed by atoms with Crippen molar-refractivity contribution in [3.8, 4) is 0 Å². The molecular formula is C13H21N5S. The first-order chi connectivity index (χ1) is 9.06. The third-order valence-electron chi connectivity index (χ3n) is 3.50. The summed E-state index contributed by atoms with van der Waals surface area (Å²) in [5.41, 5.74) is 6.25. The van der Waals surface area contributed by atoms with Gasteiger partial charge >= 0.3 is 0 Å². The largest absolute Gasteiger partial charge is 0.388 e. The SMILES string of the molecule is CN1CCN(C)C(CNc2cccc(C(N)=S)n2)C1. The number of nitrogens with one attached hydrogen (secondary N) is 1. The third-order valence-corrected chi connectivity index (χ3v) is 3.71. The van der Waals surface area contributed by atoms with E-state index in [4.69, 9.17) is 18.0 Å². The summed E-state index contributed by atoms with van der Waals surface area (Å²) in [6, 6.07) is 6.18. The number of thiocarbonyl (C=S) groups is 1. The predicted octanol–water partition coefficient (Wildman–Crippen LogP) is 0.374. The number of anilines is 1. The van der Waals surface area contributed by atoms with E-state index in [1.807, 2.05) is 18.2 Å². The Morgan fingerprint density at radius 2 is 2.26 bits per heavy atom. The van der Waals surface area contributed by atoms with Crippen molar-refractivity contribution in [3.05, 3.63) is 23.9 Å². The lowest BCUT2D eigenvalue weighted by Crippen LogP contribution is -2.52. The normalized spacial score (nSPS) is 21.3. The van der Waals surface area contributed by atoms with Gasteiger partial charge in [0, 0.05) is 32.2 Å². The molecule has 0 aromatic carbocycles. The van der Waals surface area contributed by atoms with Gasteiger partial charge in [-0.05, 0) is 26.2 Å². The second-order valence-corrected chi connectivity index (χ2v) is 5.49. The zero-order valence-electron chi connectivity index (χ0n) is 11.5. The average molecular weight is 279 g/mol. The van der Waals surface area contributed by atoms with Gasteiger partial charge in [0.25, 0.3) is 0 Å². The second-order valence-electron chi connectivity index (χ2n) is 5.05. The maximum atomic E-state index is 5.59. The number of pyridine rings is 1. The molecule has 0 aliphatic carbocycles. The predicted molar refractivity (Wildman–Crippen MR) is 82.5 cm³/mol. The highest BCUT2D eigenvalue weighted by molar-refractivity contribution is 7.80. The van der Waals surface area contributed by atoms with Gasteiger partial charge in [-0.25, -0.2) is 4.98 Å². The molecule has 1 unspecified atom stereocenters. The molecule has 1 aliphatic heterocycles. The average Bonchev–Trinajstić information content (AvgIpc) is 2.40. The lowest BCUT2D eigenvalue weighted by molar-refractivity contribution is 0.122. The van der Waals surface area contributed by atoms with Gasteiger partial charge < -0.3 is 16.0 Å². The maximum Gasteiger partial charge on any atom is 0.126 e. The molecule has 19 heavy (non-hydrogen) atoms. The summed E-state index contributed by atoms with van der Waals surface area (Å²) in [6.45, 7) is 4.17. The molecule has 1 saturated heterocycles. The molecule has 1 fully saturated rings. The fourth-order valence-corrected chi connectivity index (χ4v) is 2.33. The van der Waals surface area contributed by atoms with Crippen LogP contribution < -0.4 is 11.1 Å². The molecule has 1 aromatic heterocycles. The Morgan fingerprint density at radius 3 is 3.00 bits per heavy atom. The first-order valence-corrected chi connectivity index (χ1v) is 6.86. The summed E-state index contributed by atoms with van der Waals surface area (Å²) in [5, 5.41) is 3.37. The van der Waals surface area contributed by atoms with Crippen LogP contribution >= 0.6 is 12.2 Å². The van der Waals surface area contributed by atoms with E-state index in [0.29, 0.717) is 16.7 Å². The zero-order valence-corrected chi connectivity index (χ0v) is 12.3. The standard InChI is InChI=1S/C13H21N5S/c1-17-6-7-18(2)10(9-17)8-15-12-5-3-4-11(16-12)13(14)19/h3-5,10H,6-9H2,1-2H3,(H2,14,19)(H,15,16). The fraction of sp³-hybridized carbons (Fsp3) is 0.538. The second kappa shape index (κ2) is 6.27. The zero-order chi connectivity index (χ0) is 13.8. The summed E-state index contributed by atoms with van der Waals surface area (Å²) < 4.78 is 0. The van der Waals surface area contributed by atoms with Crippen molar-refractivity contribution in [1.29, 1.82) is 0 Å². The van der Waals surface area contributed by atoms with Gasteiger partial charge in [-0.15, -0.1) is 0 Å². The van der Waals surface area contributed by atoms with Crippen molar-refractivity contribution in [2.75, 3.05) is 45.6 Å². The summed E-state index contributed by atoms with van der Waals surface area (Å²) in [6.07, 6.45) is 0. The molecule has 0 saturated carbocycles. The quantitative estimate of drug-likeness (QED) is 0.777. The molecule has 104 valence electrons. The van der Waals surface area contributed by atoms with Crippen LogP contribution in [0.25, 0.3) is 0 Å². The molecule has 5 nitrogen and oxygen atoms in total. The van der Waals surface area contributed by atoms with Gasteiger partial charge in [0.15, 0.2) is 0 Å². The Kier molecular flexibility index (Phi) is 4.68. The molecule has 0 amide bonds. The first-order valence-electron chi connectivity index (χ1n) is 6.46. The Morgan fingerprint density at radius 1 is 1.47 bits per heavy atom. The third kappa shape index (κ3) is 3.86. The van der Waals surface area contributed by atoms with E-state index in [1.165, 1.54) is 0 Å². The van der Waals surface area contributed by atoms with Crippen LogP contribution in [0, 0.1) is 0 Å². The van der Waals surface area contributed by atoms with Gasteiger partial charge in [-0.1, -0.05) is 18.3 Å². The molecule has 0 bridgehead atoms.